The zero-order valence-electron chi connectivity index (χ0n) is 12.7. The average Bonchev–Trinajstić information content (AvgIpc) is 3.02. The third kappa shape index (κ3) is 4.27. The number of carbonyl (C=O) groups excluding carboxylic acids is 1. The molecule has 122 valence electrons. The number of hydrogen-bond donors (Lipinski definition) is 3. The highest BCUT2D eigenvalue weighted by molar-refractivity contribution is 7.10. The molecule has 0 radical (unpaired) electrons. The molecular formula is C15H17N3O4S. The molecule has 7 nitrogen and oxygen atoms in total. The lowest BCUT2D eigenvalue weighted by Gasteiger charge is -2.22. The normalized spacial score (nSPS) is 13.2. The van der Waals surface area contributed by atoms with E-state index in [2.05, 4.69) is 10.6 Å². The zero-order valence-corrected chi connectivity index (χ0v) is 13.5. The van der Waals surface area contributed by atoms with Crippen LogP contribution < -0.4 is 10.6 Å². The monoisotopic (exact) mass is 335 g/mol. The Morgan fingerprint density at radius 2 is 2.17 bits per heavy atom. The summed E-state index contributed by atoms with van der Waals surface area (Å²) in [6, 6.07) is 7.32. The number of amides is 2. The number of benzene rings is 1. The number of non-ortho nitro benzene ring substituents is 1. The molecule has 2 amide bonds. The molecule has 1 heterocycles. The zero-order chi connectivity index (χ0) is 17.0. The van der Waals surface area contributed by atoms with Gasteiger partial charge in [-0.05, 0) is 36.9 Å². The predicted molar refractivity (Wildman–Crippen MR) is 88.7 cm³/mol. The fourth-order valence-corrected chi connectivity index (χ4v) is 2.78. The van der Waals surface area contributed by atoms with Crippen LogP contribution >= 0.6 is 11.3 Å². The van der Waals surface area contributed by atoms with E-state index in [4.69, 9.17) is 0 Å². The molecule has 0 aliphatic carbocycles. The molecule has 0 aliphatic rings. The maximum absolute atomic E-state index is 11.9. The minimum Gasteiger partial charge on any atom is -0.383 e. The summed E-state index contributed by atoms with van der Waals surface area (Å²) in [6.07, 6.45) is 0. The molecule has 0 aliphatic heterocycles. The van der Waals surface area contributed by atoms with Gasteiger partial charge < -0.3 is 15.7 Å². The van der Waals surface area contributed by atoms with E-state index in [1.165, 1.54) is 29.5 Å². The minimum absolute atomic E-state index is 0.0333. The molecule has 0 unspecified atom stereocenters. The van der Waals surface area contributed by atoms with Gasteiger partial charge in [0.05, 0.1) is 11.5 Å². The maximum atomic E-state index is 11.9. The van der Waals surface area contributed by atoms with Gasteiger partial charge in [-0.1, -0.05) is 6.07 Å². The number of nitrogens with one attached hydrogen (secondary N) is 2. The van der Waals surface area contributed by atoms with Gasteiger partial charge in [-0.3, -0.25) is 10.1 Å². The molecule has 8 heteroatoms. The first-order chi connectivity index (χ1) is 10.8. The highest BCUT2D eigenvalue weighted by atomic mass is 32.1. The summed E-state index contributed by atoms with van der Waals surface area (Å²) in [5, 5.41) is 28.1. The van der Waals surface area contributed by atoms with Crippen LogP contribution in [0.2, 0.25) is 0 Å². The Hall–Kier alpha value is -2.45. The summed E-state index contributed by atoms with van der Waals surface area (Å²) in [5.74, 6) is 0. The van der Waals surface area contributed by atoms with Crippen molar-refractivity contribution in [1.82, 2.24) is 5.32 Å². The van der Waals surface area contributed by atoms with Crippen molar-refractivity contribution in [3.8, 4) is 0 Å². The van der Waals surface area contributed by atoms with E-state index in [1.807, 2.05) is 11.4 Å². The van der Waals surface area contributed by atoms with Gasteiger partial charge in [0.25, 0.3) is 5.69 Å². The Balaban J connectivity index is 1.96. The fourth-order valence-electron chi connectivity index (χ4n) is 1.99. The van der Waals surface area contributed by atoms with Crippen LogP contribution in [-0.4, -0.2) is 22.6 Å². The first-order valence-corrected chi connectivity index (χ1v) is 7.74. The van der Waals surface area contributed by atoms with Crippen molar-refractivity contribution in [2.45, 2.75) is 19.4 Å². The lowest BCUT2D eigenvalue weighted by Crippen LogP contribution is -2.40. The van der Waals surface area contributed by atoms with E-state index in [1.54, 1.807) is 19.9 Å². The molecule has 23 heavy (non-hydrogen) atoms. The second-order valence-electron chi connectivity index (χ2n) is 5.32. The number of urea groups is 1. The molecule has 0 fully saturated rings. The van der Waals surface area contributed by atoms with Crippen molar-refractivity contribution in [2.75, 3.05) is 11.9 Å². The van der Waals surface area contributed by atoms with Gasteiger partial charge in [-0.15, -0.1) is 11.3 Å². The Morgan fingerprint density at radius 3 is 2.74 bits per heavy atom. The minimum atomic E-state index is -1.16. The van der Waals surface area contributed by atoms with Crippen molar-refractivity contribution in [2.24, 2.45) is 0 Å². The first-order valence-electron chi connectivity index (χ1n) is 6.86. The Morgan fingerprint density at radius 1 is 1.43 bits per heavy atom. The quantitative estimate of drug-likeness (QED) is 0.577. The van der Waals surface area contributed by atoms with Crippen molar-refractivity contribution in [1.29, 1.82) is 0 Å². The number of anilines is 1. The molecule has 0 saturated heterocycles. The number of hydrogen-bond acceptors (Lipinski definition) is 5. The molecule has 2 aromatic rings. The molecule has 1 aromatic carbocycles. The number of rotatable bonds is 5. The third-order valence-electron chi connectivity index (χ3n) is 3.31. The number of aryl methyl sites for hydroxylation is 1. The second kappa shape index (κ2) is 6.76. The summed E-state index contributed by atoms with van der Waals surface area (Å²) < 4.78 is 0. The number of nitrogens with zero attached hydrogens (tertiary/aromatic N) is 1. The molecule has 0 spiro atoms. The van der Waals surface area contributed by atoms with Gasteiger partial charge in [0, 0.05) is 22.7 Å². The molecule has 1 atom stereocenters. The highest BCUT2D eigenvalue weighted by Crippen LogP contribution is 2.24. The number of thiophene rings is 1. The standard InChI is InChI=1S/C15H17N3O4S/c1-10-8-11(18(21)22)5-6-12(10)17-14(19)16-9-15(2,20)13-4-3-7-23-13/h3-8,20H,9H2,1-2H3,(H2,16,17,19)/t15-/m1/s1. The largest absolute Gasteiger partial charge is 0.383 e. The average molecular weight is 335 g/mol. The molecule has 3 N–H and O–H groups in total. The topological polar surface area (TPSA) is 105 Å². The van der Waals surface area contributed by atoms with Gasteiger partial charge in [0.15, 0.2) is 0 Å². The van der Waals surface area contributed by atoms with Gasteiger partial charge in [0.1, 0.15) is 5.60 Å². The summed E-state index contributed by atoms with van der Waals surface area (Å²) in [4.78, 5) is 22.9. The van der Waals surface area contributed by atoms with Crippen molar-refractivity contribution < 1.29 is 14.8 Å². The van der Waals surface area contributed by atoms with Crippen LogP contribution in [-0.2, 0) is 5.60 Å². The summed E-state index contributed by atoms with van der Waals surface area (Å²) in [7, 11) is 0. The molecule has 2 rings (SSSR count). The van der Waals surface area contributed by atoms with E-state index >= 15 is 0 Å². The van der Waals surface area contributed by atoms with E-state index in [-0.39, 0.29) is 12.2 Å². The lowest BCUT2D eigenvalue weighted by atomic mass is 10.1. The number of nitro benzene ring substituents is 1. The summed E-state index contributed by atoms with van der Waals surface area (Å²) in [6.45, 7) is 3.34. The first kappa shape index (κ1) is 16.9. The van der Waals surface area contributed by atoms with Crippen LogP contribution in [0.3, 0.4) is 0 Å². The fraction of sp³-hybridized carbons (Fsp3) is 0.267. The third-order valence-corrected chi connectivity index (χ3v) is 4.44. The molecule has 0 bridgehead atoms. The van der Waals surface area contributed by atoms with Gasteiger partial charge in [-0.25, -0.2) is 4.79 Å². The predicted octanol–water partition coefficient (Wildman–Crippen LogP) is 2.99. The summed E-state index contributed by atoms with van der Waals surface area (Å²) >= 11 is 1.41. The lowest BCUT2D eigenvalue weighted by molar-refractivity contribution is -0.384. The second-order valence-corrected chi connectivity index (χ2v) is 6.26. The van der Waals surface area contributed by atoms with Gasteiger partial charge >= 0.3 is 6.03 Å². The van der Waals surface area contributed by atoms with Crippen LogP contribution in [0, 0.1) is 17.0 Å². The van der Waals surface area contributed by atoms with Crippen LogP contribution in [0.5, 0.6) is 0 Å². The number of carbonyl (C=O) groups is 1. The molecule has 0 saturated carbocycles. The number of nitro groups is 1. The van der Waals surface area contributed by atoms with Crippen molar-refractivity contribution in [3.05, 3.63) is 56.3 Å². The van der Waals surface area contributed by atoms with E-state index in [0.717, 1.165) is 4.88 Å². The van der Waals surface area contributed by atoms with Gasteiger partial charge in [-0.2, -0.15) is 0 Å². The van der Waals surface area contributed by atoms with Crippen LogP contribution in [0.25, 0.3) is 0 Å². The number of aliphatic hydroxyl groups is 1. The Bertz CT molecular complexity index is 714. The SMILES string of the molecule is Cc1cc([N+](=O)[O-])ccc1NC(=O)NC[C@@](C)(O)c1cccs1. The Labute approximate surface area is 137 Å². The van der Waals surface area contributed by atoms with Crippen LogP contribution in [0.15, 0.2) is 35.7 Å². The summed E-state index contributed by atoms with van der Waals surface area (Å²) in [5.41, 5.74) is -0.131. The van der Waals surface area contributed by atoms with E-state index < -0.39 is 16.6 Å². The van der Waals surface area contributed by atoms with E-state index in [0.29, 0.717) is 11.3 Å². The molecule has 1 aromatic heterocycles. The van der Waals surface area contributed by atoms with Crippen molar-refractivity contribution >= 4 is 28.7 Å². The smallest absolute Gasteiger partial charge is 0.319 e. The van der Waals surface area contributed by atoms with E-state index in [9.17, 15) is 20.0 Å². The van der Waals surface area contributed by atoms with Gasteiger partial charge in [0.2, 0.25) is 0 Å². The molecular weight excluding hydrogens is 318 g/mol. The highest BCUT2D eigenvalue weighted by Gasteiger charge is 2.24. The Kier molecular flexibility index (Phi) is 4.97. The van der Waals surface area contributed by atoms with Crippen LogP contribution in [0.1, 0.15) is 17.4 Å². The maximum Gasteiger partial charge on any atom is 0.319 e. The van der Waals surface area contributed by atoms with Crippen LogP contribution in [0.4, 0.5) is 16.2 Å². The van der Waals surface area contributed by atoms with Crippen molar-refractivity contribution in [3.63, 3.8) is 0 Å².